The van der Waals surface area contributed by atoms with E-state index in [1.165, 1.54) is 11.6 Å². The number of isocyanates is 1. The quantitative estimate of drug-likeness (QED) is 0.612. The molecule has 0 amide bonds. The van der Waals surface area contributed by atoms with Gasteiger partial charge in [0.15, 0.2) is 9.92 Å². The van der Waals surface area contributed by atoms with E-state index < -0.39 is 9.92 Å². The van der Waals surface area contributed by atoms with Gasteiger partial charge in [0, 0.05) is 0 Å². The highest BCUT2D eigenvalue weighted by Gasteiger charge is 2.15. The smallest absolute Gasteiger partial charge is 0.229 e. The Kier molecular flexibility index (Phi) is 2.42. The molecule has 0 spiro atoms. The summed E-state index contributed by atoms with van der Waals surface area (Å²) in [6.07, 6.45) is 4.26. The third kappa shape index (κ3) is 1.84. The van der Waals surface area contributed by atoms with E-state index in [4.69, 9.17) is 4.78 Å². The lowest BCUT2D eigenvalue weighted by atomic mass is 10.1. The van der Waals surface area contributed by atoms with Crippen LogP contribution in [0.5, 0.6) is 0 Å². The fraction of sp³-hybridized carbons (Fsp3) is 0.300. The standard InChI is InChI=1S/C10H10N2O2S/c11-15(14,12-7-13)10-5-4-8-2-1-3-9(8)6-10/h4-6,11H,1-3H2. The predicted octanol–water partition coefficient (Wildman–Crippen LogP) is 1.83. The topological polar surface area (TPSA) is 70.3 Å². The first kappa shape index (κ1) is 10.1. The Morgan fingerprint density at radius 2 is 2.07 bits per heavy atom. The lowest BCUT2D eigenvalue weighted by Gasteiger charge is -2.03. The Labute approximate surface area is 88.1 Å². The van der Waals surface area contributed by atoms with E-state index in [9.17, 15) is 9.00 Å². The van der Waals surface area contributed by atoms with E-state index in [1.54, 1.807) is 12.1 Å². The van der Waals surface area contributed by atoms with Crippen LogP contribution in [-0.4, -0.2) is 10.3 Å². The summed E-state index contributed by atoms with van der Waals surface area (Å²) < 4.78 is 22.1. The number of fused-ring (bicyclic) bond motifs is 1. The van der Waals surface area contributed by atoms with Gasteiger partial charge in [0.1, 0.15) is 0 Å². The molecule has 0 aliphatic heterocycles. The summed E-state index contributed by atoms with van der Waals surface area (Å²) in [4.78, 5) is 10.3. The Hall–Kier alpha value is -1.45. The number of benzene rings is 1. The van der Waals surface area contributed by atoms with Crippen LogP contribution in [0.4, 0.5) is 0 Å². The van der Waals surface area contributed by atoms with Crippen LogP contribution in [0.3, 0.4) is 0 Å². The Balaban J connectivity index is 2.52. The summed E-state index contributed by atoms with van der Waals surface area (Å²) in [6, 6.07) is 5.20. The van der Waals surface area contributed by atoms with Gasteiger partial charge in [0.05, 0.1) is 4.90 Å². The number of hydrogen-bond acceptors (Lipinski definition) is 3. The van der Waals surface area contributed by atoms with Crippen molar-refractivity contribution >= 4 is 16.0 Å². The van der Waals surface area contributed by atoms with Gasteiger partial charge in [-0.1, -0.05) is 10.5 Å². The van der Waals surface area contributed by atoms with Gasteiger partial charge in [-0.25, -0.2) is 13.8 Å². The maximum Gasteiger partial charge on any atom is 0.250 e. The molecule has 15 heavy (non-hydrogen) atoms. The van der Waals surface area contributed by atoms with Gasteiger partial charge in [-0.3, -0.25) is 0 Å². The van der Waals surface area contributed by atoms with Gasteiger partial charge in [-0.15, -0.1) is 0 Å². The molecule has 0 aromatic heterocycles. The molecule has 2 rings (SSSR count). The fourth-order valence-electron chi connectivity index (χ4n) is 1.83. The molecule has 1 aliphatic carbocycles. The van der Waals surface area contributed by atoms with Gasteiger partial charge < -0.3 is 0 Å². The zero-order valence-corrected chi connectivity index (χ0v) is 8.84. The first-order chi connectivity index (χ1) is 7.13. The maximum atomic E-state index is 11.6. The van der Waals surface area contributed by atoms with Gasteiger partial charge in [-0.2, -0.15) is 0 Å². The first-order valence-corrected chi connectivity index (χ1v) is 6.15. The van der Waals surface area contributed by atoms with Crippen molar-refractivity contribution in [3.05, 3.63) is 29.3 Å². The van der Waals surface area contributed by atoms with Gasteiger partial charge in [0.2, 0.25) is 0 Å². The number of rotatable bonds is 2. The third-order valence-electron chi connectivity index (χ3n) is 2.56. The van der Waals surface area contributed by atoms with Crippen molar-refractivity contribution in [2.24, 2.45) is 4.40 Å². The highest BCUT2D eigenvalue weighted by atomic mass is 32.2. The van der Waals surface area contributed by atoms with Crippen molar-refractivity contribution in [2.75, 3.05) is 0 Å². The average molecular weight is 222 g/mol. The van der Waals surface area contributed by atoms with Crippen LogP contribution in [0.25, 0.3) is 0 Å². The molecule has 0 saturated carbocycles. The largest absolute Gasteiger partial charge is 0.250 e. The zero-order chi connectivity index (χ0) is 10.9. The molecule has 1 aliphatic rings. The number of nitrogens with one attached hydrogen (secondary N) is 1. The van der Waals surface area contributed by atoms with Crippen LogP contribution >= 0.6 is 0 Å². The SMILES string of the molecule is N=S(=O)(N=C=O)c1ccc2c(c1)CCC2. The van der Waals surface area contributed by atoms with Crippen molar-refractivity contribution in [1.82, 2.24) is 0 Å². The highest BCUT2D eigenvalue weighted by Crippen LogP contribution is 2.25. The molecule has 1 atom stereocenters. The van der Waals surface area contributed by atoms with Crippen LogP contribution in [0.15, 0.2) is 27.5 Å². The van der Waals surface area contributed by atoms with Crippen LogP contribution in [0.2, 0.25) is 0 Å². The molecule has 1 unspecified atom stereocenters. The van der Waals surface area contributed by atoms with Gasteiger partial charge in [-0.05, 0) is 42.5 Å². The normalized spacial score (nSPS) is 17.6. The van der Waals surface area contributed by atoms with Crippen LogP contribution in [0.1, 0.15) is 17.5 Å². The second kappa shape index (κ2) is 3.61. The van der Waals surface area contributed by atoms with Crippen molar-refractivity contribution < 1.29 is 9.00 Å². The van der Waals surface area contributed by atoms with Crippen molar-refractivity contribution in [1.29, 1.82) is 4.78 Å². The minimum atomic E-state index is -3.33. The number of aryl methyl sites for hydroxylation is 2. The molecule has 0 saturated heterocycles. The summed E-state index contributed by atoms with van der Waals surface area (Å²) in [7, 11) is -3.33. The fourth-order valence-corrected chi connectivity index (χ4v) is 2.59. The lowest BCUT2D eigenvalue weighted by Crippen LogP contribution is -1.95. The molecule has 0 bridgehead atoms. The zero-order valence-electron chi connectivity index (χ0n) is 8.03. The molecule has 4 nitrogen and oxygen atoms in total. The van der Waals surface area contributed by atoms with Gasteiger partial charge in [0.25, 0.3) is 6.08 Å². The average Bonchev–Trinajstić information content (AvgIpc) is 2.63. The molecule has 0 radical (unpaired) electrons. The van der Waals surface area contributed by atoms with E-state index in [1.807, 2.05) is 6.07 Å². The van der Waals surface area contributed by atoms with Crippen LogP contribution in [0, 0.1) is 4.78 Å². The van der Waals surface area contributed by atoms with Crippen LogP contribution in [-0.2, 0) is 27.6 Å². The number of carbonyl (C=O) groups excluding carboxylic acids is 1. The monoisotopic (exact) mass is 222 g/mol. The van der Waals surface area contributed by atoms with Crippen molar-refractivity contribution in [3.8, 4) is 0 Å². The molecule has 1 aromatic rings. The van der Waals surface area contributed by atoms with Crippen molar-refractivity contribution in [3.63, 3.8) is 0 Å². The van der Waals surface area contributed by atoms with E-state index in [0.29, 0.717) is 4.90 Å². The molecule has 1 aromatic carbocycles. The second-order valence-corrected chi connectivity index (χ2v) is 5.20. The highest BCUT2D eigenvalue weighted by molar-refractivity contribution is 7.91. The van der Waals surface area contributed by atoms with Gasteiger partial charge >= 0.3 is 0 Å². The number of nitrogens with zero attached hydrogens (tertiary/aromatic N) is 1. The van der Waals surface area contributed by atoms with Crippen molar-refractivity contribution in [2.45, 2.75) is 24.2 Å². The lowest BCUT2D eigenvalue weighted by molar-refractivity contribution is 0.565. The minimum Gasteiger partial charge on any atom is -0.229 e. The number of hydrogen-bond donors (Lipinski definition) is 1. The first-order valence-electron chi connectivity index (χ1n) is 4.63. The summed E-state index contributed by atoms with van der Waals surface area (Å²) in [5, 5.41) is 0. The van der Waals surface area contributed by atoms with E-state index in [0.717, 1.165) is 24.8 Å². The Morgan fingerprint density at radius 1 is 1.33 bits per heavy atom. The van der Waals surface area contributed by atoms with Crippen LogP contribution < -0.4 is 0 Å². The molecule has 5 heteroatoms. The molecular weight excluding hydrogens is 212 g/mol. The summed E-state index contributed by atoms with van der Waals surface area (Å²) >= 11 is 0. The Bertz CT molecular complexity index is 543. The molecular formula is C10H10N2O2S. The minimum absolute atomic E-state index is 0.298. The van der Waals surface area contributed by atoms with E-state index in [-0.39, 0.29) is 0 Å². The van der Waals surface area contributed by atoms with E-state index >= 15 is 0 Å². The molecule has 1 N–H and O–H groups in total. The second-order valence-electron chi connectivity index (χ2n) is 3.49. The summed E-state index contributed by atoms with van der Waals surface area (Å²) in [6.45, 7) is 0. The summed E-state index contributed by atoms with van der Waals surface area (Å²) in [5.41, 5.74) is 2.36. The predicted molar refractivity (Wildman–Crippen MR) is 55.7 cm³/mol. The molecule has 0 heterocycles. The third-order valence-corrected chi connectivity index (χ3v) is 3.78. The molecule has 0 fully saturated rings. The maximum absolute atomic E-state index is 11.6. The van der Waals surface area contributed by atoms with E-state index in [2.05, 4.69) is 4.40 Å². The summed E-state index contributed by atoms with van der Waals surface area (Å²) in [5.74, 6) is 0. The molecule has 78 valence electrons. The Morgan fingerprint density at radius 3 is 2.80 bits per heavy atom.